The van der Waals surface area contributed by atoms with Gasteiger partial charge in [-0.25, -0.2) is 0 Å². The van der Waals surface area contributed by atoms with Crippen molar-refractivity contribution in [3.8, 4) is 0 Å². The second-order valence-electron chi connectivity index (χ2n) is 2.61. The molecule has 1 atom stereocenters. The number of likely N-dealkylation sites (N-methyl/N-ethyl adjacent to an activating group) is 1. The van der Waals surface area contributed by atoms with Crippen LogP contribution in [0.15, 0.2) is 0 Å². The maximum atomic E-state index is 10.2. The summed E-state index contributed by atoms with van der Waals surface area (Å²) in [5, 5.41) is 0. The van der Waals surface area contributed by atoms with E-state index in [0.717, 1.165) is 13.0 Å². The average Bonchev–Trinajstić information content (AvgIpc) is 1.89. The van der Waals surface area contributed by atoms with Crippen molar-refractivity contribution < 1.29 is 4.79 Å². The lowest BCUT2D eigenvalue weighted by atomic mass is 10.0. The van der Waals surface area contributed by atoms with Crippen LogP contribution in [-0.4, -0.2) is 30.8 Å². The fraction of sp³-hybridized carbons (Fsp3) is 0.857. The van der Waals surface area contributed by atoms with E-state index in [9.17, 15) is 4.79 Å². The summed E-state index contributed by atoms with van der Waals surface area (Å²) in [6.45, 7) is 1.06. The molecular formula is C7H12NO. The molecule has 1 fully saturated rings. The first kappa shape index (κ1) is 6.75. The van der Waals surface area contributed by atoms with E-state index in [-0.39, 0.29) is 6.04 Å². The average molecular weight is 126 g/mol. The predicted octanol–water partition coefficient (Wildman–Crippen LogP) is 0.580. The van der Waals surface area contributed by atoms with Gasteiger partial charge in [-0.15, -0.1) is 0 Å². The SMILES string of the molecule is CN1CCCC[C@H]1[C]=O. The molecule has 2 heteroatoms. The van der Waals surface area contributed by atoms with Gasteiger partial charge in [0, 0.05) is 0 Å². The van der Waals surface area contributed by atoms with Crippen molar-refractivity contribution in [2.24, 2.45) is 0 Å². The summed E-state index contributed by atoms with van der Waals surface area (Å²) >= 11 is 0. The van der Waals surface area contributed by atoms with Crippen molar-refractivity contribution in [3.63, 3.8) is 0 Å². The lowest BCUT2D eigenvalue weighted by Gasteiger charge is -2.27. The summed E-state index contributed by atoms with van der Waals surface area (Å²) in [5.41, 5.74) is 0. The Morgan fingerprint density at radius 2 is 2.33 bits per heavy atom. The standard InChI is InChI=1S/C7H12NO/c1-8-5-3-2-4-7(8)6-9/h7H,2-5H2,1H3/t7-/m0/s1. The van der Waals surface area contributed by atoms with Crippen LogP contribution >= 0.6 is 0 Å². The van der Waals surface area contributed by atoms with Crippen LogP contribution in [0.2, 0.25) is 0 Å². The largest absolute Gasteiger partial charge is 0.296 e. The Hall–Kier alpha value is -0.370. The van der Waals surface area contributed by atoms with Gasteiger partial charge >= 0.3 is 0 Å². The van der Waals surface area contributed by atoms with E-state index in [0.29, 0.717) is 0 Å². The van der Waals surface area contributed by atoms with E-state index in [4.69, 9.17) is 0 Å². The molecule has 0 bridgehead atoms. The van der Waals surface area contributed by atoms with Gasteiger partial charge < -0.3 is 0 Å². The third kappa shape index (κ3) is 1.52. The molecule has 51 valence electrons. The zero-order chi connectivity index (χ0) is 6.69. The lowest BCUT2D eigenvalue weighted by molar-refractivity contribution is 0.231. The van der Waals surface area contributed by atoms with Crippen LogP contribution in [0.25, 0.3) is 0 Å². The number of nitrogens with zero attached hydrogens (tertiary/aromatic N) is 1. The molecule has 1 heterocycles. The van der Waals surface area contributed by atoms with Crippen LogP contribution in [0.5, 0.6) is 0 Å². The molecule has 2 nitrogen and oxygen atoms in total. The Kier molecular flexibility index (Phi) is 2.22. The van der Waals surface area contributed by atoms with Crippen molar-refractivity contribution in [2.45, 2.75) is 25.3 Å². The van der Waals surface area contributed by atoms with Gasteiger partial charge in [0.15, 0.2) is 0 Å². The number of hydrogen-bond donors (Lipinski definition) is 0. The monoisotopic (exact) mass is 126 g/mol. The van der Waals surface area contributed by atoms with Gasteiger partial charge in [0.1, 0.15) is 0 Å². The molecule has 0 N–H and O–H groups in total. The van der Waals surface area contributed by atoms with E-state index in [2.05, 4.69) is 4.90 Å². The summed E-state index contributed by atoms with van der Waals surface area (Å²) in [7, 11) is 1.98. The van der Waals surface area contributed by atoms with Crippen LogP contribution in [0.4, 0.5) is 0 Å². The number of carbonyl (C=O) groups excluding carboxylic acids is 1. The fourth-order valence-electron chi connectivity index (χ4n) is 1.22. The Morgan fingerprint density at radius 3 is 2.78 bits per heavy atom. The Labute approximate surface area is 55.8 Å². The van der Waals surface area contributed by atoms with Crippen molar-refractivity contribution >= 4 is 6.29 Å². The second kappa shape index (κ2) is 2.97. The molecule has 0 aromatic carbocycles. The maximum Gasteiger partial charge on any atom is 0.217 e. The van der Waals surface area contributed by atoms with Crippen molar-refractivity contribution in [1.82, 2.24) is 4.90 Å². The van der Waals surface area contributed by atoms with Gasteiger partial charge in [-0.05, 0) is 26.4 Å². The third-order valence-corrected chi connectivity index (χ3v) is 1.91. The molecule has 0 aromatic rings. The van der Waals surface area contributed by atoms with Gasteiger partial charge in [-0.1, -0.05) is 6.42 Å². The summed E-state index contributed by atoms with van der Waals surface area (Å²) in [6, 6.07) is 0.0822. The minimum atomic E-state index is 0.0822. The minimum Gasteiger partial charge on any atom is -0.296 e. The smallest absolute Gasteiger partial charge is 0.217 e. The molecule has 1 rings (SSSR count). The highest BCUT2D eigenvalue weighted by Gasteiger charge is 2.17. The molecule has 0 saturated carbocycles. The number of likely N-dealkylation sites (tertiary alicyclic amines) is 1. The maximum absolute atomic E-state index is 10.2. The first-order valence-corrected chi connectivity index (χ1v) is 3.42. The molecule has 1 aliphatic rings. The van der Waals surface area contributed by atoms with Crippen molar-refractivity contribution in [2.75, 3.05) is 13.6 Å². The molecule has 0 unspecified atom stereocenters. The summed E-state index contributed by atoms with van der Waals surface area (Å²) in [5.74, 6) is 0. The summed E-state index contributed by atoms with van der Waals surface area (Å²) in [4.78, 5) is 12.3. The highest BCUT2D eigenvalue weighted by atomic mass is 16.1. The number of hydrogen-bond acceptors (Lipinski definition) is 2. The topological polar surface area (TPSA) is 20.3 Å². The second-order valence-corrected chi connectivity index (χ2v) is 2.61. The molecule has 0 amide bonds. The third-order valence-electron chi connectivity index (χ3n) is 1.91. The number of rotatable bonds is 1. The molecule has 0 aromatic heterocycles. The van der Waals surface area contributed by atoms with E-state index in [1.54, 1.807) is 0 Å². The van der Waals surface area contributed by atoms with Gasteiger partial charge in [0.25, 0.3) is 0 Å². The Morgan fingerprint density at radius 1 is 1.56 bits per heavy atom. The van der Waals surface area contributed by atoms with Gasteiger partial charge in [0.05, 0.1) is 6.04 Å². The molecule has 0 aliphatic carbocycles. The highest BCUT2D eigenvalue weighted by molar-refractivity contribution is 5.58. The van der Waals surface area contributed by atoms with Crippen molar-refractivity contribution in [3.05, 3.63) is 0 Å². The summed E-state index contributed by atoms with van der Waals surface area (Å²) in [6.07, 6.45) is 5.45. The fourth-order valence-corrected chi connectivity index (χ4v) is 1.22. The predicted molar refractivity (Wildman–Crippen MR) is 36.0 cm³/mol. The normalized spacial score (nSPS) is 30.1. The van der Waals surface area contributed by atoms with Crippen LogP contribution in [0, 0.1) is 0 Å². The summed E-state index contributed by atoms with van der Waals surface area (Å²) < 4.78 is 0. The van der Waals surface area contributed by atoms with E-state index in [1.807, 2.05) is 13.3 Å². The molecule has 9 heavy (non-hydrogen) atoms. The lowest BCUT2D eigenvalue weighted by Crippen LogP contribution is -2.36. The zero-order valence-corrected chi connectivity index (χ0v) is 5.76. The molecule has 0 spiro atoms. The van der Waals surface area contributed by atoms with Gasteiger partial charge in [-0.3, -0.25) is 9.69 Å². The first-order valence-electron chi connectivity index (χ1n) is 3.42. The molecular weight excluding hydrogens is 114 g/mol. The Bertz CT molecular complexity index is 103. The van der Waals surface area contributed by atoms with Crippen LogP contribution in [0.3, 0.4) is 0 Å². The van der Waals surface area contributed by atoms with Crippen molar-refractivity contribution in [1.29, 1.82) is 0 Å². The zero-order valence-electron chi connectivity index (χ0n) is 5.76. The van der Waals surface area contributed by atoms with E-state index >= 15 is 0 Å². The van der Waals surface area contributed by atoms with Crippen LogP contribution in [0.1, 0.15) is 19.3 Å². The number of piperidine rings is 1. The minimum absolute atomic E-state index is 0.0822. The highest BCUT2D eigenvalue weighted by Crippen LogP contribution is 2.12. The molecule has 1 aliphatic heterocycles. The van der Waals surface area contributed by atoms with Crippen LogP contribution in [-0.2, 0) is 4.79 Å². The van der Waals surface area contributed by atoms with Gasteiger partial charge in [-0.2, -0.15) is 0 Å². The molecule has 1 radical (unpaired) electrons. The van der Waals surface area contributed by atoms with E-state index < -0.39 is 0 Å². The van der Waals surface area contributed by atoms with Gasteiger partial charge in [0.2, 0.25) is 6.29 Å². The quantitative estimate of drug-likeness (QED) is 0.512. The molecule has 1 saturated heterocycles. The van der Waals surface area contributed by atoms with Crippen LogP contribution < -0.4 is 0 Å². The Balaban J connectivity index is 2.38. The first-order chi connectivity index (χ1) is 4.34. The van der Waals surface area contributed by atoms with E-state index in [1.165, 1.54) is 12.8 Å².